The van der Waals surface area contributed by atoms with E-state index in [1.807, 2.05) is 0 Å². The highest BCUT2D eigenvalue weighted by Gasteiger charge is 2.19. The van der Waals surface area contributed by atoms with Crippen LogP contribution < -0.4 is 0 Å². The fourth-order valence-electron chi connectivity index (χ4n) is 8.12. The first-order valence-electron chi connectivity index (χ1n) is 28.0. The number of unbranched alkanes of at least 4 members (excludes halogenated alkanes) is 34. The van der Waals surface area contributed by atoms with Crippen LogP contribution in [0.1, 0.15) is 297 Å². The summed E-state index contributed by atoms with van der Waals surface area (Å²) in [6.45, 7) is 6.63. The molecule has 0 bridgehead atoms. The second-order valence-electron chi connectivity index (χ2n) is 18.8. The van der Waals surface area contributed by atoms with Crippen LogP contribution in [0.25, 0.3) is 0 Å². The van der Waals surface area contributed by atoms with Crippen molar-refractivity contribution in [2.75, 3.05) is 13.2 Å². The van der Waals surface area contributed by atoms with E-state index >= 15 is 0 Å². The van der Waals surface area contributed by atoms with Gasteiger partial charge < -0.3 is 14.2 Å². The van der Waals surface area contributed by atoms with Crippen LogP contribution in [0, 0.1) is 0 Å². The van der Waals surface area contributed by atoms with Crippen molar-refractivity contribution in [1.82, 2.24) is 0 Å². The number of hydrogen-bond donors (Lipinski definition) is 0. The Morgan fingerprint density at radius 1 is 0.312 bits per heavy atom. The van der Waals surface area contributed by atoms with Gasteiger partial charge in [0.05, 0.1) is 0 Å². The molecule has 0 saturated heterocycles. The molecule has 0 aliphatic carbocycles. The summed E-state index contributed by atoms with van der Waals surface area (Å²) < 4.78 is 16.8. The summed E-state index contributed by atoms with van der Waals surface area (Å²) in [5.41, 5.74) is 0. The zero-order valence-electron chi connectivity index (χ0n) is 42.8. The van der Waals surface area contributed by atoms with Gasteiger partial charge in [-0.3, -0.25) is 14.4 Å². The van der Waals surface area contributed by atoms with Gasteiger partial charge >= 0.3 is 17.9 Å². The Bertz CT molecular complexity index is 1080. The van der Waals surface area contributed by atoms with E-state index in [-0.39, 0.29) is 31.1 Å². The summed E-state index contributed by atoms with van der Waals surface area (Å²) in [5.74, 6) is -0.872. The van der Waals surface area contributed by atoms with Crippen LogP contribution in [0.4, 0.5) is 0 Å². The Kier molecular flexibility index (Phi) is 51.3. The predicted molar refractivity (Wildman–Crippen MR) is 275 cm³/mol. The van der Waals surface area contributed by atoms with Gasteiger partial charge in [-0.1, -0.05) is 237 Å². The van der Waals surface area contributed by atoms with Crippen molar-refractivity contribution in [3.8, 4) is 0 Å². The Hall–Kier alpha value is -2.37. The molecule has 0 spiro atoms. The molecule has 0 aromatic rings. The Morgan fingerprint density at radius 2 is 0.562 bits per heavy atom. The number of carbonyl (C=O) groups is 3. The first kappa shape index (κ1) is 61.6. The van der Waals surface area contributed by atoms with E-state index in [1.165, 1.54) is 186 Å². The highest BCUT2D eigenvalue weighted by Crippen LogP contribution is 2.16. The lowest BCUT2D eigenvalue weighted by Crippen LogP contribution is -2.30. The maximum absolute atomic E-state index is 12.8. The molecule has 1 atom stereocenters. The molecule has 0 radical (unpaired) electrons. The first-order chi connectivity index (χ1) is 31.5. The third-order valence-electron chi connectivity index (χ3n) is 12.4. The van der Waals surface area contributed by atoms with Gasteiger partial charge in [0.15, 0.2) is 6.10 Å². The molecule has 0 saturated carbocycles. The average Bonchev–Trinajstić information content (AvgIpc) is 3.29. The summed E-state index contributed by atoms with van der Waals surface area (Å²) >= 11 is 0. The van der Waals surface area contributed by atoms with E-state index in [4.69, 9.17) is 14.2 Å². The topological polar surface area (TPSA) is 78.9 Å². The van der Waals surface area contributed by atoms with Crippen molar-refractivity contribution >= 4 is 17.9 Å². The number of hydrogen-bond acceptors (Lipinski definition) is 6. The lowest BCUT2D eigenvalue weighted by molar-refractivity contribution is -0.167. The lowest BCUT2D eigenvalue weighted by Gasteiger charge is -2.18. The average molecular weight is 899 g/mol. The van der Waals surface area contributed by atoms with Gasteiger partial charge in [0.2, 0.25) is 0 Å². The minimum absolute atomic E-state index is 0.0734. The van der Waals surface area contributed by atoms with E-state index in [0.29, 0.717) is 19.3 Å². The molecule has 0 unspecified atom stereocenters. The normalized spacial score (nSPS) is 12.2. The van der Waals surface area contributed by atoms with Crippen LogP contribution in [-0.4, -0.2) is 37.2 Å². The summed E-state index contributed by atoms with van der Waals surface area (Å²) in [4.78, 5) is 38.1. The maximum Gasteiger partial charge on any atom is 0.306 e. The Labute approximate surface area is 397 Å². The molecular weight excluding hydrogens is 793 g/mol. The van der Waals surface area contributed by atoms with E-state index in [1.54, 1.807) is 0 Å². The number of esters is 3. The van der Waals surface area contributed by atoms with Crippen molar-refractivity contribution in [2.24, 2.45) is 0 Å². The van der Waals surface area contributed by atoms with Gasteiger partial charge in [-0.05, 0) is 77.0 Å². The second kappa shape index (κ2) is 53.2. The molecule has 6 nitrogen and oxygen atoms in total. The summed E-state index contributed by atoms with van der Waals surface area (Å²) in [6.07, 6.45) is 62.7. The van der Waals surface area contributed by atoms with E-state index in [2.05, 4.69) is 57.2 Å². The van der Waals surface area contributed by atoms with Crippen LogP contribution in [0.2, 0.25) is 0 Å². The molecule has 0 rings (SSSR count). The molecule has 0 amide bonds. The van der Waals surface area contributed by atoms with Gasteiger partial charge in [0.1, 0.15) is 13.2 Å². The standard InChI is InChI=1S/C58H106O6/c1-4-7-10-13-16-19-22-25-27-28-29-30-32-33-36-39-42-45-48-51-57(60)63-54-55(53-62-56(59)50-47-44-41-38-35-24-21-18-15-12-9-6-3)64-58(61)52-49-46-43-40-37-34-31-26-23-20-17-14-11-8-5-2/h16,19,25-27,31,55H,4-15,17-18,20-24,28-30,32-54H2,1-3H3/b19-16-,27-25-,31-26-/t55-/m1/s1. The largest absolute Gasteiger partial charge is 0.462 e. The molecule has 0 aliphatic rings. The van der Waals surface area contributed by atoms with E-state index in [0.717, 1.165) is 70.6 Å². The van der Waals surface area contributed by atoms with Gasteiger partial charge in [-0.2, -0.15) is 0 Å². The highest BCUT2D eigenvalue weighted by atomic mass is 16.6. The molecule has 374 valence electrons. The van der Waals surface area contributed by atoms with Crippen molar-refractivity contribution in [2.45, 2.75) is 303 Å². The molecule has 0 aromatic heterocycles. The predicted octanol–water partition coefficient (Wildman–Crippen LogP) is 18.5. The second-order valence-corrected chi connectivity index (χ2v) is 18.8. The molecular formula is C58H106O6. The fraction of sp³-hybridized carbons (Fsp3) is 0.845. The van der Waals surface area contributed by atoms with Crippen molar-refractivity contribution in [3.63, 3.8) is 0 Å². The number of ether oxygens (including phenoxy) is 3. The van der Waals surface area contributed by atoms with Crippen LogP contribution in [0.5, 0.6) is 0 Å². The molecule has 0 heterocycles. The quantitative estimate of drug-likeness (QED) is 0.0262. The SMILES string of the molecule is CCCCC/C=C\C/C=C\CCCCCCCCCCCC(=O)OC[C@@H](COC(=O)CCCCCCCCCCCCCC)OC(=O)CCCCCCC/C=C\CCCCCCCC. The van der Waals surface area contributed by atoms with Crippen LogP contribution >= 0.6 is 0 Å². The van der Waals surface area contributed by atoms with E-state index < -0.39 is 6.10 Å². The van der Waals surface area contributed by atoms with Crippen molar-refractivity contribution in [3.05, 3.63) is 36.5 Å². The molecule has 0 N–H and O–H groups in total. The molecule has 0 aromatic carbocycles. The Morgan fingerprint density at radius 3 is 0.906 bits per heavy atom. The minimum atomic E-state index is -0.774. The summed E-state index contributed by atoms with van der Waals surface area (Å²) in [5, 5.41) is 0. The molecule has 64 heavy (non-hydrogen) atoms. The smallest absolute Gasteiger partial charge is 0.306 e. The highest BCUT2D eigenvalue weighted by molar-refractivity contribution is 5.71. The number of allylic oxidation sites excluding steroid dienone is 6. The zero-order valence-corrected chi connectivity index (χ0v) is 42.8. The van der Waals surface area contributed by atoms with Gasteiger partial charge in [0.25, 0.3) is 0 Å². The van der Waals surface area contributed by atoms with E-state index in [9.17, 15) is 14.4 Å². The van der Waals surface area contributed by atoms with Gasteiger partial charge in [-0.25, -0.2) is 0 Å². The van der Waals surface area contributed by atoms with Crippen molar-refractivity contribution in [1.29, 1.82) is 0 Å². The lowest BCUT2D eigenvalue weighted by atomic mass is 10.0. The van der Waals surface area contributed by atoms with Crippen LogP contribution in [0.3, 0.4) is 0 Å². The summed E-state index contributed by atoms with van der Waals surface area (Å²) in [6, 6.07) is 0. The minimum Gasteiger partial charge on any atom is -0.462 e. The Balaban J connectivity index is 4.33. The third kappa shape index (κ3) is 50.6. The zero-order chi connectivity index (χ0) is 46.5. The number of carbonyl (C=O) groups excluding carboxylic acids is 3. The molecule has 0 aliphatic heterocycles. The maximum atomic E-state index is 12.8. The fourth-order valence-corrected chi connectivity index (χ4v) is 8.12. The monoisotopic (exact) mass is 899 g/mol. The van der Waals surface area contributed by atoms with Crippen LogP contribution in [0.15, 0.2) is 36.5 Å². The van der Waals surface area contributed by atoms with Crippen molar-refractivity contribution < 1.29 is 28.6 Å². The van der Waals surface area contributed by atoms with Gasteiger partial charge in [-0.15, -0.1) is 0 Å². The van der Waals surface area contributed by atoms with Gasteiger partial charge in [0, 0.05) is 19.3 Å². The third-order valence-corrected chi connectivity index (χ3v) is 12.4. The number of rotatable bonds is 51. The van der Waals surface area contributed by atoms with Crippen LogP contribution in [-0.2, 0) is 28.6 Å². The molecule has 0 fully saturated rings. The summed E-state index contributed by atoms with van der Waals surface area (Å²) in [7, 11) is 0. The molecule has 6 heteroatoms. The first-order valence-corrected chi connectivity index (χ1v) is 28.0.